The number of Topliss-reactive ketones (excluding diaryl/α,β-unsaturated/α-hetero) is 1. The topological polar surface area (TPSA) is 84.6 Å². The first-order valence-electron chi connectivity index (χ1n) is 6.98. The Morgan fingerprint density at radius 1 is 1.33 bits per heavy atom. The van der Waals surface area contributed by atoms with Gasteiger partial charge >= 0.3 is 0 Å². The van der Waals surface area contributed by atoms with Crippen LogP contribution in [0, 0.1) is 21.4 Å². The van der Waals surface area contributed by atoms with Crippen molar-refractivity contribution in [1.82, 2.24) is 5.43 Å². The van der Waals surface area contributed by atoms with E-state index in [9.17, 15) is 14.9 Å². The van der Waals surface area contributed by atoms with Gasteiger partial charge < -0.3 is 5.43 Å². The van der Waals surface area contributed by atoms with E-state index >= 15 is 0 Å². The Hall–Kier alpha value is -2.24. The maximum absolute atomic E-state index is 12.4. The van der Waals surface area contributed by atoms with E-state index in [2.05, 4.69) is 24.4 Å². The monoisotopic (exact) mass is 287 g/mol. The van der Waals surface area contributed by atoms with E-state index in [1.165, 1.54) is 12.1 Å². The first-order valence-corrected chi connectivity index (χ1v) is 6.98. The molecule has 0 radical (unpaired) electrons. The number of nitrogens with one attached hydrogen (secondary N) is 1. The van der Waals surface area contributed by atoms with Gasteiger partial charge in [-0.15, -0.1) is 0 Å². The summed E-state index contributed by atoms with van der Waals surface area (Å²) in [5.74, 6) is -0.0437. The second-order valence-electron chi connectivity index (χ2n) is 6.53. The second kappa shape index (κ2) is 4.65. The molecule has 1 aromatic rings. The number of fused-ring (bicyclic) bond motifs is 1. The number of ketones is 1. The van der Waals surface area contributed by atoms with Crippen molar-refractivity contribution in [2.24, 2.45) is 16.4 Å². The van der Waals surface area contributed by atoms with Crippen molar-refractivity contribution in [3.8, 4) is 0 Å². The van der Waals surface area contributed by atoms with E-state index in [-0.39, 0.29) is 28.8 Å². The molecule has 1 aliphatic heterocycles. The molecular formula is C15H17N3O3. The van der Waals surface area contributed by atoms with Crippen molar-refractivity contribution in [2.45, 2.75) is 32.7 Å². The van der Waals surface area contributed by atoms with E-state index in [1.54, 1.807) is 12.1 Å². The predicted molar refractivity (Wildman–Crippen MR) is 78.1 cm³/mol. The Labute approximate surface area is 122 Å². The summed E-state index contributed by atoms with van der Waals surface area (Å²) in [6, 6.07) is 6.25. The standard InChI is InChI=1S/C15H17N3O3/c1-15(2)7-11-13(12(19)8-15)14(17-16-11)9-3-5-10(6-4-9)18(20)21/h3-6,11,13,16H,7-8H2,1-2H3. The fraction of sp³-hybridized carbons (Fsp3) is 0.467. The molecule has 21 heavy (non-hydrogen) atoms. The summed E-state index contributed by atoms with van der Waals surface area (Å²) in [6.07, 6.45) is 1.44. The van der Waals surface area contributed by atoms with Crippen LogP contribution in [0.25, 0.3) is 0 Å². The lowest BCUT2D eigenvalue weighted by Crippen LogP contribution is -2.45. The van der Waals surface area contributed by atoms with Gasteiger partial charge in [0.2, 0.25) is 0 Å². The number of benzene rings is 1. The molecule has 0 saturated heterocycles. The van der Waals surface area contributed by atoms with Crippen molar-refractivity contribution in [2.75, 3.05) is 0 Å². The van der Waals surface area contributed by atoms with Gasteiger partial charge in [0.25, 0.3) is 5.69 Å². The van der Waals surface area contributed by atoms with Crippen molar-refractivity contribution >= 4 is 17.2 Å². The average molecular weight is 287 g/mol. The van der Waals surface area contributed by atoms with Crippen LogP contribution in [0.2, 0.25) is 0 Å². The molecule has 0 bridgehead atoms. The molecule has 1 saturated carbocycles. The number of nitrogens with zero attached hydrogens (tertiary/aromatic N) is 2. The highest BCUT2D eigenvalue weighted by Crippen LogP contribution is 2.39. The zero-order valence-corrected chi connectivity index (χ0v) is 12.0. The van der Waals surface area contributed by atoms with Crippen LogP contribution in [0.4, 0.5) is 5.69 Å². The SMILES string of the molecule is CC1(C)CC(=O)C2C(c3ccc([N+](=O)[O-])cc3)=NNC2C1. The number of hydrogen-bond donors (Lipinski definition) is 1. The molecule has 0 amide bonds. The lowest BCUT2D eigenvalue weighted by Gasteiger charge is -2.36. The van der Waals surface area contributed by atoms with Gasteiger partial charge in [-0.1, -0.05) is 13.8 Å². The number of hydrazone groups is 1. The fourth-order valence-electron chi connectivity index (χ4n) is 3.27. The lowest BCUT2D eigenvalue weighted by molar-refractivity contribution is -0.384. The van der Waals surface area contributed by atoms with E-state index < -0.39 is 4.92 Å². The average Bonchev–Trinajstić information content (AvgIpc) is 2.81. The van der Waals surface area contributed by atoms with Crippen molar-refractivity contribution in [1.29, 1.82) is 0 Å². The summed E-state index contributed by atoms with van der Waals surface area (Å²) in [4.78, 5) is 22.7. The van der Waals surface area contributed by atoms with Gasteiger partial charge in [-0.25, -0.2) is 0 Å². The minimum Gasteiger partial charge on any atom is -0.306 e. The Bertz CT molecular complexity index is 634. The van der Waals surface area contributed by atoms with Gasteiger partial charge in [-0.05, 0) is 29.5 Å². The minimum atomic E-state index is -0.435. The number of carbonyl (C=O) groups is 1. The van der Waals surface area contributed by atoms with E-state index in [4.69, 9.17) is 0 Å². The number of nitro groups is 1. The van der Waals surface area contributed by atoms with Gasteiger partial charge in [0.15, 0.2) is 0 Å². The van der Waals surface area contributed by atoms with Crippen LogP contribution < -0.4 is 5.43 Å². The molecule has 110 valence electrons. The third kappa shape index (κ3) is 2.41. The summed E-state index contributed by atoms with van der Waals surface area (Å²) in [7, 11) is 0. The van der Waals surface area contributed by atoms with Crippen LogP contribution in [0.15, 0.2) is 29.4 Å². The fourth-order valence-corrected chi connectivity index (χ4v) is 3.27. The first kappa shape index (κ1) is 13.7. The molecule has 1 N–H and O–H groups in total. The van der Waals surface area contributed by atoms with Gasteiger partial charge in [0.1, 0.15) is 5.78 Å². The van der Waals surface area contributed by atoms with E-state index in [0.717, 1.165) is 12.0 Å². The number of hydrogen-bond acceptors (Lipinski definition) is 5. The summed E-state index contributed by atoms with van der Waals surface area (Å²) in [5.41, 5.74) is 4.57. The summed E-state index contributed by atoms with van der Waals surface area (Å²) in [5, 5.41) is 15.0. The number of carbonyl (C=O) groups excluding carboxylic acids is 1. The van der Waals surface area contributed by atoms with E-state index in [1.807, 2.05) is 0 Å². The molecule has 0 aromatic heterocycles. The molecule has 6 heteroatoms. The molecule has 3 rings (SSSR count). The lowest BCUT2D eigenvalue weighted by atomic mass is 9.68. The smallest absolute Gasteiger partial charge is 0.269 e. The second-order valence-corrected chi connectivity index (χ2v) is 6.53. The Morgan fingerprint density at radius 2 is 2.00 bits per heavy atom. The molecule has 1 fully saturated rings. The van der Waals surface area contributed by atoms with Crippen LogP contribution in [-0.2, 0) is 4.79 Å². The summed E-state index contributed by atoms with van der Waals surface area (Å²) < 4.78 is 0. The largest absolute Gasteiger partial charge is 0.306 e. The predicted octanol–water partition coefficient (Wildman–Crippen LogP) is 2.28. The zero-order chi connectivity index (χ0) is 15.2. The Balaban J connectivity index is 1.87. The quantitative estimate of drug-likeness (QED) is 0.668. The molecule has 0 spiro atoms. The van der Waals surface area contributed by atoms with Crippen LogP contribution >= 0.6 is 0 Å². The van der Waals surface area contributed by atoms with E-state index in [0.29, 0.717) is 12.1 Å². The van der Waals surface area contributed by atoms with Gasteiger partial charge in [0.05, 0.1) is 22.6 Å². The molecule has 6 nitrogen and oxygen atoms in total. The summed E-state index contributed by atoms with van der Waals surface area (Å²) >= 11 is 0. The van der Waals surface area contributed by atoms with Gasteiger partial charge in [-0.3, -0.25) is 14.9 Å². The van der Waals surface area contributed by atoms with Gasteiger partial charge in [-0.2, -0.15) is 5.10 Å². The Morgan fingerprint density at radius 3 is 2.62 bits per heavy atom. The van der Waals surface area contributed by atoms with Crippen LogP contribution in [0.3, 0.4) is 0 Å². The highest BCUT2D eigenvalue weighted by Gasteiger charge is 2.46. The zero-order valence-electron chi connectivity index (χ0n) is 12.0. The molecule has 1 aliphatic carbocycles. The third-order valence-electron chi connectivity index (χ3n) is 4.19. The van der Waals surface area contributed by atoms with Crippen molar-refractivity contribution < 1.29 is 9.72 Å². The van der Waals surface area contributed by atoms with Crippen LogP contribution in [0.1, 0.15) is 32.3 Å². The third-order valence-corrected chi connectivity index (χ3v) is 4.19. The van der Waals surface area contributed by atoms with Crippen LogP contribution in [0.5, 0.6) is 0 Å². The molecule has 2 aliphatic rings. The molecule has 2 atom stereocenters. The van der Waals surface area contributed by atoms with Crippen molar-refractivity contribution in [3.05, 3.63) is 39.9 Å². The number of nitro benzene ring substituents is 1. The molecular weight excluding hydrogens is 270 g/mol. The van der Waals surface area contributed by atoms with Gasteiger partial charge in [0, 0.05) is 18.6 Å². The van der Waals surface area contributed by atoms with Crippen molar-refractivity contribution in [3.63, 3.8) is 0 Å². The Kier molecular flexibility index (Phi) is 3.04. The van der Waals surface area contributed by atoms with Crippen LogP contribution in [-0.4, -0.2) is 22.5 Å². The highest BCUT2D eigenvalue weighted by molar-refractivity contribution is 6.15. The minimum absolute atomic E-state index is 0.00824. The first-order chi connectivity index (χ1) is 9.87. The molecule has 1 heterocycles. The highest BCUT2D eigenvalue weighted by atomic mass is 16.6. The maximum atomic E-state index is 12.4. The molecule has 2 unspecified atom stereocenters. The number of rotatable bonds is 2. The maximum Gasteiger partial charge on any atom is 0.269 e. The normalized spacial score (nSPS) is 26.8. The number of non-ortho nitro benzene ring substituents is 1. The summed E-state index contributed by atoms with van der Waals surface area (Å²) in [6.45, 7) is 4.18. The molecule has 1 aromatic carbocycles.